The Kier molecular flexibility index (Phi) is 4.05. The van der Waals surface area contributed by atoms with Crippen LogP contribution in [0.5, 0.6) is 0 Å². The van der Waals surface area contributed by atoms with Crippen LogP contribution in [0.2, 0.25) is 0 Å². The molecule has 1 aliphatic heterocycles. The van der Waals surface area contributed by atoms with Gasteiger partial charge in [0, 0.05) is 30.3 Å². The molecule has 1 N–H and O–H groups in total. The van der Waals surface area contributed by atoms with Crippen LogP contribution in [0.25, 0.3) is 11.3 Å². The first-order valence-electron chi connectivity index (χ1n) is 7.65. The Morgan fingerprint density at radius 2 is 2.04 bits per heavy atom. The van der Waals surface area contributed by atoms with Crippen LogP contribution < -0.4 is 0 Å². The van der Waals surface area contributed by atoms with Crippen LogP contribution in [0, 0.1) is 6.92 Å². The number of benzene rings is 1. The topological polar surface area (TPSA) is 70.5 Å². The van der Waals surface area contributed by atoms with Crippen molar-refractivity contribution in [3.05, 3.63) is 53.7 Å². The highest BCUT2D eigenvalue weighted by atomic mass is 19.1. The Labute approximate surface area is 138 Å². The number of pyridine rings is 1. The summed E-state index contributed by atoms with van der Waals surface area (Å²) in [5.41, 5.74) is 0.393. The van der Waals surface area contributed by atoms with Gasteiger partial charge in [-0.3, -0.25) is 9.78 Å². The fraction of sp³-hybridized carbons (Fsp3) is 0.278. The van der Waals surface area contributed by atoms with Crippen LogP contribution in [0.3, 0.4) is 0 Å². The zero-order chi connectivity index (χ0) is 17.3. The highest BCUT2D eigenvalue weighted by molar-refractivity contribution is 5.98. The number of carboxylic acids is 1. The van der Waals surface area contributed by atoms with Crippen LogP contribution in [-0.4, -0.2) is 45.6 Å². The highest BCUT2D eigenvalue weighted by Crippen LogP contribution is 2.29. The Morgan fingerprint density at radius 3 is 2.67 bits per heavy atom. The summed E-state index contributed by atoms with van der Waals surface area (Å²) in [5.74, 6) is -1.87. The van der Waals surface area contributed by atoms with Crippen molar-refractivity contribution in [2.45, 2.75) is 19.0 Å². The monoisotopic (exact) mass is 328 g/mol. The van der Waals surface area contributed by atoms with Gasteiger partial charge in [0.2, 0.25) is 5.67 Å². The van der Waals surface area contributed by atoms with E-state index in [-0.39, 0.29) is 18.9 Å². The predicted octanol–water partition coefficient (Wildman–Crippen LogP) is 2.70. The molecule has 1 unspecified atom stereocenters. The summed E-state index contributed by atoms with van der Waals surface area (Å²) in [6.45, 7) is 1.48. The smallest absolute Gasteiger partial charge is 0.343 e. The van der Waals surface area contributed by atoms with Gasteiger partial charge in [-0.15, -0.1) is 0 Å². The maximum absolute atomic E-state index is 14.2. The van der Waals surface area contributed by atoms with Gasteiger partial charge in [0.05, 0.1) is 12.2 Å². The molecule has 1 aliphatic rings. The Bertz CT molecular complexity index is 794. The predicted molar refractivity (Wildman–Crippen MR) is 86.4 cm³/mol. The number of rotatable bonds is 3. The summed E-state index contributed by atoms with van der Waals surface area (Å²) < 4.78 is 14.2. The highest BCUT2D eigenvalue weighted by Gasteiger charge is 2.47. The van der Waals surface area contributed by atoms with Crippen molar-refractivity contribution in [2.75, 3.05) is 13.1 Å². The summed E-state index contributed by atoms with van der Waals surface area (Å²) in [6.07, 6.45) is 1.49. The first kappa shape index (κ1) is 16.1. The van der Waals surface area contributed by atoms with Crippen LogP contribution in [0.1, 0.15) is 22.3 Å². The average Bonchev–Trinajstić information content (AvgIpc) is 2.99. The summed E-state index contributed by atoms with van der Waals surface area (Å²) >= 11 is 0. The Hall–Kier alpha value is -2.76. The summed E-state index contributed by atoms with van der Waals surface area (Å²) in [5, 5.41) is 8.97. The van der Waals surface area contributed by atoms with Crippen molar-refractivity contribution in [2.24, 2.45) is 0 Å². The minimum absolute atomic E-state index is 0.0922. The van der Waals surface area contributed by atoms with Crippen LogP contribution >= 0.6 is 0 Å². The number of alkyl halides is 1. The number of nitrogens with zero attached hydrogens (tertiary/aromatic N) is 2. The van der Waals surface area contributed by atoms with Gasteiger partial charge < -0.3 is 10.0 Å². The van der Waals surface area contributed by atoms with Crippen LogP contribution in [0.4, 0.5) is 4.39 Å². The maximum atomic E-state index is 14.2. The van der Waals surface area contributed by atoms with Gasteiger partial charge >= 0.3 is 5.97 Å². The molecule has 3 rings (SSSR count). The van der Waals surface area contributed by atoms with Gasteiger partial charge in [0.15, 0.2) is 0 Å². The van der Waals surface area contributed by atoms with Gasteiger partial charge in [-0.2, -0.15) is 0 Å². The minimum Gasteiger partial charge on any atom is -0.479 e. The first-order chi connectivity index (χ1) is 11.4. The molecule has 0 saturated carbocycles. The third-order valence-electron chi connectivity index (χ3n) is 4.40. The van der Waals surface area contributed by atoms with E-state index in [0.717, 1.165) is 16.8 Å². The number of amides is 1. The molecule has 124 valence electrons. The van der Waals surface area contributed by atoms with E-state index in [1.165, 1.54) is 4.90 Å². The van der Waals surface area contributed by atoms with E-state index < -0.39 is 18.2 Å². The summed E-state index contributed by atoms with van der Waals surface area (Å²) in [6, 6.07) is 10.8. The van der Waals surface area contributed by atoms with E-state index in [4.69, 9.17) is 5.11 Å². The molecule has 1 saturated heterocycles. The number of aliphatic carboxylic acids is 1. The Morgan fingerprint density at radius 1 is 1.25 bits per heavy atom. The number of hydrogen-bond acceptors (Lipinski definition) is 3. The van der Waals surface area contributed by atoms with Crippen LogP contribution in [-0.2, 0) is 4.79 Å². The van der Waals surface area contributed by atoms with Crippen molar-refractivity contribution < 1.29 is 19.1 Å². The molecule has 2 aromatic rings. The van der Waals surface area contributed by atoms with Crippen molar-refractivity contribution >= 4 is 11.9 Å². The van der Waals surface area contributed by atoms with Gasteiger partial charge in [-0.25, -0.2) is 9.18 Å². The van der Waals surface area contributed by atoms with Crippen molar-refractivity contribution in [3.63, 3.8) is 0 Å². The molecular formula is C18H17FN2O3. The van der Waals surface area contributed by atoms with E-state index in [1.807, 2.05) is 31.2 Å². The zero-order valence-corrected chi connectivity index (χ0v) is 13.2. The number of carboxylic acid groups (broad SMARTS) is 1. The lowest BCUT2D eigenvalue weighted by molar-refractivity contribution is -0.149. The van der Waals surface area contributed by atoms with Gasteiger partial charge in [-0.1, -0.05) is 18.2 Å². The molecule has 1 aromatic carbocycles. The van der Waals surface area contributed by atoms with E-state index in [0.29, 0.717) is 5.56 Å². The summed E-state index contributed by atoms with van der Waals surface area (Å²) in [7, 11) is 0. The third-order valence-corrected chi connectivity index (χ3v) is 4.40. The first-order valence-corrected chi connectivity index (χ1v) is 7.65. The SMILES string of the molecule is Cc1c(C(=O)N2CCC(F)(C(=O)O)C2)cccc1-c1ccccn1. The molecule has 0 bridgehead atoms. The van der Waals surface area contributed by atoms with E-state index >= 15 is 0 Å². The van der Waals surface area contributed by atoms with Crippen molar-refractivity contribution in [1.82, 2.24) is 9.88 Å². The van der Waals surface area contributed by atoms with E-state index in [2.05, 4.69) is 4.98 Å². The second kappa shape index (κ2) is 6.03. The van der Waals surface area contributed by atoms with Gasteiger partial charge in [0.1, 0.15) is 0 Å². The number of carbonyl (C=O) groups is 2. The molecule has 1 aromatic heterocycles. The van der Waals surface area contributed by atoms with Crippen LogP contribution in [0.15, 0.2) is 42.6 Å². The van der Waals surface area contributed by atoms with E-state index in [9.17, 15) is 14.0 Å². The fourth-order valence-electron chi connectivity index (χ4n) is 2.96. The standard InChI is InChI=1S/C18H17FN2O3/c1-12-13(15-7-2-3-9-20-15)5-4-6-14(12)16(22)21-10-8-18(19,11-21)17(23)24/h2-7,9H,8,10-11H2,1H3,(H,23,24). The molecule has 0 spiro atoms. The number of carbonyl (C=O) groups excluding carboxylic acids is 1. The van der Waals surface area contributed by atoms with Crippen molar-refractivity contribution in [3.8, 4) is 11.3 Å². The molecule has 1 amide bonds. The van der Waals surface area contributed by atoms with E-state index in [1.54, 1.807) is 18.3 Å². The van der Waals surface area contributed by atoms with Gasteiger partial charge in [-0.05, 0) is 30.7 Å². The second-order valence-corrected chi connectivity index (χ2v) is 5.94. The maximum Gasteiger partial charge on any atom is 0.343 e. The molecular weight excluding hydrogens is 311 g/mol. The number of halogens is 1. The molecule has 1 atom stereocenters. The van der Waals surface area contributed by atoms with Gasteiger partial charge in [0.25, 0.3) is 5.91 Å². The third kappa shape index (κ3) is 2.75. The van der Waals surface area contributed by atoms with Crippen molar-refractivity contribution in [1.29, 1.82) is 0 Å². The molecule has 24 heavy (non-hydrogen) atoms. The number of hydrogen-bond donors (Lipinski definition) is 1. The second-order valence-electron chi connectivity index (χ2n) is 5.94. The molecule has 5 nitrogen and oxygen atoms in total. The molecule has 2 heterocycles. The lowest BCUT2D eigenvalue weighted by Gasteiger charge is -2.19. The molecule has 6 heteroatoms. The largest absolute Gasteiger partial charge is 0.479 e. The zero-order valence-electron chi connectivity index (χ0n) is 13.2. The Balaban J connectivity index is 1.91. The lowest BCUT2D eigenvalue weighted by Crippen LogP contribution is -2.39. The fourth-order valence-corrected chi connectivity index (χ4v) is 2.96. The normalized spacial score (nSPS) is 20.2. The average molecular weight is 328 g/mol. The molecule has 1 fully saturated rings. The lowest BCUT2D eigenvalue weighted by atomic mass is 9.98. The summed E-state index contributed by atoms with van der Waals surface area (Å²) in [4.78, 5) is 29.3. The number of likely N-dealkylation sites (tertiary alicyclic amines) is 1. The molecule has 0 aliphatic carbocycles. The minimum atomic E-state index is -2.36. The molecule has 0 radical (unpaired) electrons. The number of aromatic nitrogens is 1. The quantitative estimate of drug-likeness (QED) is 0.940.